The van der Waals surface area contributed by atoms with Crippen LogP contribution in [-0.4, -0.2) is 51.2 Å². The summed E-state index contributed by atoms with van der Waals surface area (Å²) in [6.07, 6.45) is 3.24. The maximum absolute atomic E-state index is 13.3. The van der Waals surface area contributed by atoms with Crippen LogP contribution in [0.4, 0.5) is 0 Å². The van der Waals surface area contributed by atoms with E-state index in [2.05, 4.69) is 15.4 Å². The third-order valence-corrected chi connectivity index (χ3v) is 5.00. The van der Waals surface area contributed by atoms with Crippen LogP contribution in [0.15, 0.2) is 54.6 Å². The number of nitrogens with zero attached hydrogens (tertiary/aromatic N) is 5. The summed E-state index contributed by atoms with van der Waals surface area (Å²) in [6, 6.07) is 16.5. The Labute approximate surface area is 163 Å². The molecule has 1 aliphatic heterocycles. The van der Waals surface area contributed by atoms with Crippen molar-refractivity contribution in [3.63, 3.8) is 0 Å². The maximum Gasteiger partial charge on any atom is 0.254 e. The molecule has 1 aromatic heterocycles. The van der Waals surface area contributed by atoms with Gasteiger partial charge in [-0.3, -0.25) is 4.79 Å². The minimum Gasteiger partial charge on any atom is -0.497 e. The Kier molecular flexibility index (Phi) is 5.32. The van der Waals surface area contributed by atoms with Crippen molar-refractivity contribution in [3.05, 3.63) is 60.2 Å². The highest BCUT2D eigenvalue weighted by Gasteiger charge is 2.30. The van der Waals surface area contributed by atoms with Crippen molar-refractivity contribution in [2.75, 3.05) is 20.2 Å². The molecule has 0 bridgehead atoms. The molecule has 1 saturated heterocycles. The number of amides is 1. The lowest BCUT2D eigenvalue weighted by molar-refractivity contribution is -0.135. The Morgan fingerprint density at radius 2 is 1.82 bits per heavy atom. The molecule has 1 atom stereocenters. The van der Waals surface area contributed by atoms with Crippen LogP contribution in [0.25, 0.3) is 11.4 Å². The second kappa shape index (κ2) is 8.21. The minimum atomic E-state index is -0.619. The molecular weight excluding hydrogens is 354 g/mol. The van der Waals surface area contributed by atoms with E-state index < -0.39 is 6.04 Å². The third kappa shape index (κ3) is 3.74. The lowest BCUT2D eigenvalue weighted by atomic mass is 10.0. The van der Waals surface area contributed by atoms with Crippen molar-refractivity contribution in [1.29, 1.82) is 0 Å². The highest BCUT2D eigenvalue weighted by Crippen LogP contribution is 2.24. The molecule has 7 heteroatoms. The van der Waals surface area contributed by atoms with Gasteiger partial charge in [0, 0.05) is 18.7 Å². The summed E-state index contributed by atoms with van der Waals surface area (Å²) in [5.74, 6) is 1.20. The molecule has 0 aliphatic carbocycles. The molecule has 2 heterocycles. The molecule has 2 aromatic carbocycles. The molecule has 0 radical (unpaired) electrons. The molecule has 4 rings (SSSR count). The van der Waals surface area contributed by atoms with Crippen molar-refractivity contribution >= 4 is 5.91 Å². The molecule has 144 valence electrons. The summed E-state index contributed by atoms with van der Waals surface area (Å²) in [7, 11) is 1.62. The lowest BCUT2D eigenvalue weighted by Crippen LogP contribution is -2.41. The molecule has 0 unspecified atom stereocenters. The first-order valence-corrected chi connectivity index (χ1v) is 9.54. The van der Waals surface area contributed by atoms with Gasteiger partial charge in [0.15, 0.2) is 6.04 Å². The zero-order valence-corrected chi connectivity index (χ0v) is 15.9. The van der Waals surface area contributed by atoms with E-state index in [1.54, 1.807) is 7.11 Å². The number of hydrogen-bond acceptors (Lipinski definition) is 5. The van der Waals surface area contributed by atoms with Gasteiger partial charge < -0.3 is 9.64 Å². The summed E-state index contributed by atoms with van der Waals surface area (Å²) in [4.78, 5) is 16.7. The Hall–Kier alpha value is -3.22. The van der Waals surface area contributed by atoms with Gasteiger partial charge in [0.25, 0.3) is 5.91 Å². The number of methoxy groups -OCH3 is 1. The Bertz CT molecular complexity index is 935. The number of carbonyl (C=O) groups is 1. The first-order valence-electron chi connectivity index (χ1n) is 9.54. The van der Waals surface area contributed by atoms with Crippen molar-refractivity contribution in [3.8, 4) is 17.1 Å². The van der Waals surface area contributed by atoms with E-state index in [9.17, 15) is 4.79 Å². The number of likely N-dealkylation sites (tertiary alicyclic amines) is 1. The van der Waals surface area contributed by atoms with Gasteiger partial charge in [-0.05, 0) is 42.2 Å². The standard InChI is InChI=1S/C21H23N5O2/c1-28-18-12-8-11-17(15-18)20-22-24-26(23-20)19(16-9-4-2-5-10-16)21(27)25-13-6-3-7-14-25/h2,4-5,8-12,15,19H,3,6-7,13-14H2,1H3/t19-/m0/s1. The number of tetrazole rings is 1. The Morgan fingerprint density at radius 3 is 2.57 bits per heavy atom. The van der Waals surface area contributed by atoms with Gasteiger partial charge in [-0.1, -0.05) is 42.5 Å². The molecule has 3 aromatic rings. The van der Waals surface area contributed by atoms with Crippen LogP contribution in [0.5, 0.6) is 5.75 Å². The van der Waals surface area contributed by atoms with Crippen LogP contribution >= 0.6 is 0 Å². The van der Waals surface area contributed by atoms with Crippen LogP contribution < -0.4 is 4.74 Å². The molecule has 7 nitrogen and oxygen atoms in total. The van der Waals surface area contributed by atoms with Gasteiger partial charge in [-0.15, -0.1) is 15.0 Å². The zero-order valence-electron chi connectivity index (χ0n) is 15.9. The first kappa shape index (κ1) is 18.2. The number of hydrogen-bond donors (Lipinski definition) is 0. The predicted molar refractivity (Wildman–Crippen MR) is 105 cm³/mol. The lowest BCUT2D eigenvalue weighted by Gasteiger charge is -2.30. The van der Waals surface area contributed by atoms with Gasteiger partial charge in [-0.2, -0.15) is 0 Å². The van der Waals surface area contributed by atoms with Crippen LogP contribution in [0, 0.1) is 0 Å². The van der Waals surface area contributed by atoms with E-state index in [-0.39, 0.29) is 5.91 Å². The van der Waals surface area contributed by atoms with E-state index in [0.29, 0.717) is 5.82 Å². The number of ether oxygens (including phenoxy) is 1. The second-order valence-electron chi connectivity index (χ2n) is 6.86. The molecule has 1 amide bonds. The highest BCUT2D eigenvalue weighted by atomic mass is 16.5. The van der Waals surface area contributed by atoms with Gasteiger partial charge >= 0.3 is 0 Å². The van der Waals surface area contributed by atoms with Crippen LogP contribution in [-0.2, 0) is 4.79 Å². The second-order valence-corrected chi connectivity index (χ2v) is 6.86. The average molecular weight is 377 g/mol. The predicted octanol–water partition coefficient (Wildman–Crippen LogP) is 2.95. The fourth-order valence-electron chi connectivity index (χ4n) is 3.51. The first-order chi connectivity index (χ1) is 13.8. The number of carbonyl (C=O) groups excluding carboxylic acids is 1. The van der Waals surface area contributed by atoms with E-state index in [1.165, 1.54) is 11.2 Å². The zero-order chi connectivity index (χ0) is 19.3. The molecule has 1 fully saturated rings. The molecule has 0 N–H and O–H groups in total. The maximum atomic E-state index is 13.3. The fourth-order valence-corrected chi connectivity index (χ4v) is 3.51. The largest absolute Gasteiger partial charge is 0.497 e. The normalized spacial score (nSPS) is 15.2. The van der Waals surface area contributed by atoms with Gasteiger partial charge in [0.1, 0.15) is 5.75 Å². The Balaban J connectivity index is 1.69. The number of piperidine rings is 1. The molecule has 0 spiro atoms. The van der Waals surface area contributed by atoms with E-state index in [4.69, 9.17) is 4.74 Å². The van der Waals surface area contributed by atoms with Crippen LogP contribution in [0.2, 0.25) is 0 Å². The summed E-state index contributed by atoms with van der Waals surface area (Å²) in [5.41, 5.74) is 1.65. The van der Waals surface area contributed by atoms with Gasteiger partial charge in [-0.25, -0.2) is 0 Å². The SMILES string of the molecule is COc1cccc(-c2nnn([C@H](C(=O)N3CCCCC3)c3ccccc3)n2)c1. The summed E-state index contributed by atoms with van der Waals surface area (Å²) >= 11 is 0. The number of benzene rings is 2. The molecule has 28 heavy (non-hydrogen) atoms. The van der Waals surface area contributed by atoms with Crippen molar-refractivity contribution in [2.24, 2.45) is 0 Å². The third-order valence-electron chi connectivity index (χ3n) is 5.00. The van der Waals surface area contributed by atoms with Crippen molar-refractivity contribution in [2.45, 2.75) is 25.3 Å². The highest BCUT2D eigenvalue weighted by molar-refractivity contribution is 5.83. The number of aromatic nitrogens is 4. The molecule has 0 saturated carbocycles. The fraction of sp³-hybridized carbons (Fsp3) is 0.333. The summed E-state index contributed by atoms with van der Waals surface area (Å²) in [6.45, 7) is 1.55. The van der Waals surface area contributed by atoms with E-state index in [1.807, 2.05) is 59.5 Å². The van der Waals surface area contributed by atoms with E-state index in [0.717, 1.165) is 42.8 Å². The number of rotatable bonds is 5. The van der Waals surface area contributed by atoms with E-state index >= 15 is 0 Å². The van der Waals surface area contributed by atoms with Gasteiger partial charge in [0.05, 0.1) is 7.11 Å². The van der Waals surface area contributed by atoms with Crippen LogP contribution in [0.3, 0.4) is 0 Å². The van der Waals surface area contributed by atoms with Gasteiger partial charge in [0.2, 0.25) is 5.82 Å². The smallest absolute Gasteiger partial charge is 0.254 e. The molecular formula is C21H23N5O2. The Morgan fingerprint density at radius 1 is 1.04 bits per heavy atom. The summed E-state index contributed by atoms with van der Waals surface area (Å²) < 4.78 is 5.27. The van der Waals surface area contributed by atoms with Crippen molar-refractivity contribution in [1.82, 2.24) is 25.1 Å². The average Bonchev–Trinajstić information content (AvgIpc) is 3.25. The molecule has 1 aliphatic rings. The minimum absolute atomic E-state index is 0.0143. The quantitative estimate of drug-likeness (QED) is 0.683. The van der Waals surface area contributed by atoms with Crippen molar-refractivity contribution < 1.29 is 9.53 Å². The summed E-state index contributed by atoms with van der Waals surface area (Å²) in [5, 5.41) is 13.0. The monoisotopic (exact) mass is 377 g/mol. The topological polar surface area (TPSA) is 73.1 Å². The van der Waals surface area contributed by atoms with Crippen LogP contribution in [0.1, 0.15) is 30.9 Å².